The Morgan fingerprint density at radius 3 is 2.26 bits per heavy atom. The van der Waals surface area contributed by atoms with Gasteiger partial charge in [-0.2, -0.15) is 0 Å². The normalized spacial score (nSPS) is 11.3. The number of methoxy groups -OCH3 is 1. The largest absolute Gasteiger partial charge is 0.497 e. The number of hydrogen-bond donors (Lipinski definition) is 1. The summed E-state index contributed by atoms with van der Waals surface area (Å²) in [5.74, 6) is 0.228. The summed E-state index contributed by atoms with van der Waals surface area (Å²) in [7, 11) is -2.09. The maximum absolute atomic E-state index is 12.7. The second kappa shape index (κ2) is 9.03. The van der Waals surface area contributed by atoms with Gasteiger partial charge in [0.2, 0.25) is 21.1 Å². The van der Waals surface area contributed by atoms with E-state index < -0.39 is 15.9 Å². The first-order valence-electron chi connectivity index (χ1n) is 9.42. The van der Waals surface area contributed by atoms with Crippen LogP contribution in [0.15, 0.2) is 36.4 Å². The van der Waals surface area contributed by atoms with E-state index in [1.54, 1.807) is 7.11 Å². The molecule has 0 aliphatic carbocycles. The molecule has 1 N–H and O–H groups in total. The van der Waals surface area contributed by atoms with Gasteiger partial charge in [0.05, 0.1) is 19.1 Å². The zero-order valence-electron chi connectivity index (χ0n) is 18.0. The Morgan fingerprint density at radius 2 is 1.71 bits per heavy atom. The predicted molar refractivity (Wildman–Crippen MR) is 123 cm³/mol. The van der Waals surface area contributed by atoms with Gasteiger partial charge in [0.1, 0.15) is 17.3 Å². The molecule has 0 aliphatic rings. The van der Waals surface area contributed by atoms with E-state index in [9.17, 15) is 13.2 Å². The van der Waals surface area contributed by atoms with E-state index in [1.807, 2.05) is 57.2 Å². The number of nitrogens with one attached hydrogen (secondary N) is 1. The molecule has 3 rings (SSSR count). The number of carbonyl (C=O) groups is 1. The molecule has 10 heteroatoms. The van der Waals surface area contributed by atoms with Crippen molar-refractivity contribution in [2.75, 3.05) is 29.5 Å². The third-order valence-electron chi connectivity index (χ3n) is 4.58. The highest BCUT2D eigenvalue weighted by Gasteiger charge is 2.24. The summed E-state index contributed by atoms with van der Waals surface area (Å²) < 4.78 is 31.2. The van der Waals surface area contributed by atoms with Crippen LogP contribution in [0.25, 0.3) is 10.6 Å². The van der Waals surface area contributed by atoms with Crippen molar-refractivity contribution in [2.45, 2.75) is 20.8 Å². The molecular weight excluding hydrogens is 436 g/mol. The summed E-state index contributed by atoms with van der Waals surface area (Å²) in [6, 6.07) is 11.1. The first kappa shape index (κ1) is 22.7. The van der Waals surface area contributed by atoms with E-state index in [4.69, 9.17) is 4.74 Å². The van der Waals surface area contributed by atoms with Gasteiger partial charge in [0, 0.05) is 5.56 Å². The maximum atomic E-state index is 12.7. The molecule has 1 amide bonds. The van der Waals surface area contributed by atoms with E-state index >= 15 is 0 Å². The molecule has 3 aromatic rings. The van der Waals surface area contributed by atoms with Crippen molar-refractivity contribution in [3.8, 4) is 16.3 Å². The molecule has 2 aromatic carbocycles. The van der Waals surface area contributed by atoms with E-state index in [0.717, 1.165) is 38.6 Å². The average Bonchev–Trinajstić information content (AvgIpc) is 3.14. The van der Waals surface area contributed by atoms with Crippen LogP contribution >= 0.6 is 11.3 Å². The molecule has 1 aromatic heterocycles. The van der Waals surface area contributed by atoms with Crippen molar-refractivity contribution < 1.29 is 17.9 Å². The lowest BCUT2D eigenvalue weighted by atomic mass is 10.1. The molecule has 0 fully saturated rings. The quantitative estimate of drug-likeness (QED) is 0.579. The van der Waals surface area contributed by atoms with Gasteiger partial charge in [-0.05, 0) is 56.2 Å². The summed E-state index contributed by atoms with van der Waals surface area (Å²) in [6.07, 6.45) is 1.09. The Bertz CT molecular complexity index is 1180. The highest BCUT2D eigenvalue weighted by Crippen LogP contribution is 2.30. The number of nitrogens with zero attached hydrogens (tertiary/aromatic N) is 3. The number of aromatic nitrogens is 2. The molecule has 0 bridgehead atoms. The fourth-order valence-corrected chi connectivity index (χ4v) is 5.08. The Hall–Kier alpha value is -2.98. The average molecular weight is 461 g/mol. The van der Waals surface area contributed by atoms with E-state index in [1.165, 1.54) is 11.3 Å². The van der Waals surface area contributed by atoms with Crippen LogP contribution in [0.4, 0.5) is 10.8 Å². The number of sulfonamides is 1. The van der Waals surface area contributed by atoms with Gasteiger partial charge in [-0.25, -0.2) is 8.42 Å². The third-order valence-corrected chi connectivity index (χ3v) is 6.58. The van der Waals surface area contributed by atoms with Crippen LogP contribution in [0.2, 0.25) is 0 Å². The van der Waals surface area contributed by atoms with Gasteiger partial charge in [0.15, 0.2) is 0 Å². The lowest BCUT2D eigenvalue weighted by Gasteiger charge is -2.25. The minimum absolute atomic E-state index is 0.293. The molecule has 0 saturated heterocycles. The molecule has 0 saturated carbocycles. The van der Waals surface area contributed by atoms with Gasteiger partial charge in [-0.15, -0.1) is 10.2 Å². The summed E-state index contributed by atoms with van der Waals surface area (Å²) in [5, 5.41) is 11.7. The molecule has 1 heterocycles. The van der Waals surface area contributed by atoms with Gasteiger partial charge >= 0.3 is 0 Å². The van der Waals surface area contributed by atoms with Crippen molar-refractivity contribution in [3.63, 3.8) is 0 Å². The number of rotatable bonds is 7. The summed E-state index contributed by atoms with van der Waals surface area (Å²) >= 11 is 1.20. The zero-order chi connectivity index (χ0) is 22.8. The molecule has 0 atom stereocenters. The first-order valence-corrected chi connectivity index (χ1v) is 12.1. The Kier molecular flexibility index (Phi) is 6.61. The summed E-state index contributed by atoms with van der Waals surface area (Å²) in [6.45, 7) is 5.24. The number of amides is 1. The lowest BCUT2D eigenvalue weighted by molar-refractivity contribution is -0.114. The molecule has 0 unspecified atom stereocenters. The van der Waals surface area contributed by atoms with Gasteiger partial charge in [-0.3, -0.25) is 14.4 Å². The van der Waals surface area contributed by atoms with Gasteiger partial charge in [0.25, 0.3) is 0 Å². The number of carbonyl (C=O) groups excluding carboxylic acids is 1. The van der Waals surface area contributed by atoms with Crippen LogP contribution in [-0.2, 0) is 14.8 Å². The SMILES string of the molecule is COc1ccc(-c2nnc(NC(=O)CN(c3c(C)cc(C)cc3C)S(C)(=O)=O)s2)cc1. The molecule has 8 nitrogen and oxygen atoms in total. The van der Waals surface area contributed by atoms with Crippen LogP contribution < -0.4 is 14.4 Å². The van der Waals surface area contributed by atoms with Crippen molar-refractivity contribution in [1.82, 2.24) is 10.2 Å². The smallest absolute Gasteiger partial charge is 0.246 e. The highest BCUT2D eigenvalue weighted by atomic mass is 32.2. The molecule has 0 aliphatic heterocycles. The molecule has 31 heavy (non-hydrogen) atoms. The summed E-state index contributed by atoms with van der Waals surface area (Å²) in [4.78, 5) is 12.7. The van der Waals surface area contributed by atoms with Crippen LogP contribution in [0.5, 0.6) is 5.75 Å². The molecule has 0 spiro atoms. The monoisotopic (exact) mass is 460 g/mol. The first-order chi connectivity index (χ1) is 14.6. The minimum Gasteiger partial charge on any atom is -0.497 e. The van der Waals surface area contributed by atoms with Gasteiger partial charge in [-0.1, -0.05) is 29.0 Å². The fraction of sp³-hybridized carbons (Fsp3) is 0.286. The lowest BCUT2D eigenvalue weighted by Crippen LogP contribution is -2.38. The zero-order valence-corrected chi connectivity index (χ0v) is 19.6. The Morgan fingerprint density at radius 1 is 1.10 bits per heavy atom. The number of ether oxygens (including phenoxy) is 1. The van der Waals surface area contributed by atoms with Crippen molar-refractivity contribution in [2.24, 2.45) is 0 Å². The molecule has 164 valence electrons. The van der Waals surface area contributed by atoms with E-state index in [0.29, 0.717) is 15.8 Å². The second-order valence-corrected chi connectivity index (χ2v) is 10.1. The van der Waals surface area contributed by atoms with Crippen LogP contribution in [0.3, 0.4) is 0 Å². The fourth-order valence-electron chi connectivity index (χ4n) is 3.34. The van der Waals surface area contributed by atoms with Crippen molar-refractivity contribution in [3.05, 3.63) is 53.1 Å². The number of aryl methyl sites for hydroxylation is 3. The Labute approximate surface area is 185 Å². The number of hydrogen-bond acceptors (Lipinski definition) is 7. The standard InChI is InChI=1S/C21H24N4O4S2/c1-13-10-14(2)19(15(3)11-13)25(31(5,27)28)12-18(26)22-21-24-23-20(30-21)16-6-8-17(29-4)9-7-16/h6-11H,12H2,1-5H3,(H,22,24,26). The topological polar surface area (TPSA) is 101 Å². The van der Waals surface area contributed by atoms with Crippen LogP contribution in [0, 0.1) is 20.8 Å². The number of anilines is 2. The highest BCUT2D eigenvalue weighted by molar-refractivity contribution is 7.92. The van der Waals surface area contributed by atoms with Crippen LogP contribution in [-0.4, -0.2) is 44.4 Å². The summed E-state index contributed by atoms with van der Waals surface area (Å²) in [5.41, 5.74) is 3.94. The minimum atomic E-state index is -3.68. The molecular formula is C21H24N4O4S2. The number of benzene rings is 2. The Balaban J connectivity index is 1.79. The second-order valence-electron chi connectivity index (χ2n) is 7.21. The van der Waals surface area contributed by atoms with Crippen LogP contribution in [0.1, 0.15) is 16.7 Å². The van der Waals surface area contributed by atoms with Gasteiger partial charge < -0.3 is 4.74 Å². The van der Waals surface area contributed by atoms with E-state index in [-0.39, 0.29) is 6.54 Å². The van der Waals surface area contributed by atoms with Crippen molar-refractivity contribution in [1.29, 1.82) is 0 Å². The maximum Gasteiger partial charge on any atom is 0.246 e. The van der Waals surface area contributed by atoms with Crippen molar-refractivity contribution >= 4 is 38.1 Å². The third kappa shape index (κ3) is 5.39. The molecule has 0 radical (unpaired) electrons. The van der Waals surface area contributed by atoms with E-state index in [2.05, 4.69) is 15.5 Å². The predicted octanol–water partition coefficient (Wildman–Crippen LogP) is 3.54.